The van der Waals surface area contributed by atoms with Crippen LogP contribution < -0.4 is 5.32 Å². The fraction of sp³-hybridized carbons (Fsp3) is 0.917. The summed E-state index contributed by atoms with van der Waals surface area (Å²) in [6.45, 7) is 11.0. The number of nitrogens with zero attached hydrogens (tertiary/aromatic N) is 2. The molecule has 1 rings (SSSR count). The molecule has 0 aliphatic carbocycles. The molecule has 0 aromatic rings. The largest absolute Gasteiger partial charge is 0.325 e. The van der Waals surface area contributed by atoms with Crippen molar-refractivity contribution >= 4 is 6.03 Å². The Labute approximate surface area is 99.0 Å². The van der Waals surface area contributed by atoms with Crippen LogP contribution in [0.15, 0.2) is 0 Å². The van der Waals surface area contributed by atoms with Gasteiger partial charge in [0.1, 0.15) is 0 Å². The lowest BCUT2D eigenvalue weighted by Crippen LogP contribution is -2.52. The lowest BCUT2D eigenvalue weighted by atomic mass is 10.2. The number of nitrogens with one attached hydrogen (secondary N) is 1. The van der Waals surface area contributed by atoms with Crippen molar-refractivity contribution in [1.29, 1.82) is 0 Å². The molecule has 1 aliphatic heterocycles. The molecule has 0 unspecified atom stereocenters. The van der Waals surface area contributed by atoms with E-state index < -0.39 is 0 Å². The molecule has 1 aliphatic rings. The Morgan fingerprint density at radius 1 is 1.38 bits per heavy atom. The smallest absolute Gasteiger partial charge is 0.320 e. The van der Waals surface area contributed by atoms with Gasteiger partial charge in [-0.25, -0.2) is 4.79 Å². The van der Waals surface area contributed by atoms with Gasteiger partial charge in [0.05, 0.1) is 0 Å². The fourth-order valence-electron chi connectivity index (χ4n) is 2.06. The molecule has 4 nitrogen and oxygen atoms in total. The number of carbonyl (C=O) groups excluding carboxylic acids is 1. The molecular weight excluding hydrogens is 202 g/mol. The van der Waals surface area contributed by atoms with Crippen molar-refractivity contribution in [1.82, 2.24) is 15.1 Å². The summed E-state index contributed by atoms with van der Waals surface area (Å²) in [6, 6.07) is 0.543. The minimum atomic E-state index is 0.220. The number of hydrogen-bond donors (Lipinski definition) is 1. The lowest BCUT2D eigenvalue weighted by Gasteiger charge is -2.38. The van der Waals surface area contributed by atoms with Gasteiger partial charge in [-0.2, -0.15) is 0 Å². The van der Waals surface area contributed by atoms with E-state index in [0.29, 0.717) is 6.04 Å². The van der Waals surface area contributed by atoms with Crippen LogP contribution in [0.3, 0.4) is 0 Å². The van der Waals surface area contributed by atoms with Crippen LogP contribution >= 0.6 is 0 Å². The molecule has 2 amide bonds. The first kappa shape index (κ1) is 13.3. The van der Waals surface area contributed by atoms with Gasteiger partial charge in [0.2, 0.25) is 0 Å². The summed E-state index contributed by atoms with van der Waals surface area (Å²) in [7, 11) is 0. The Kier molecular flexibility index (Phi) is 5.60. The van der Waals surface area contributed by atoms with E-state index in [2.05, 4.69) is 26.1 Å². The van der Waals surface area contributed by atoms with E-state index in [-0.39, 0.29) is 6.03 Å². The molecule has 0 spiro atoms. The monoisotopic (exact) mass is 227 g/mol. The first-order valence-electron chi connectivity index (χ1n) is 6.43. The number of carbonyl (C=O) groups is 1. The zero-order valence-corrected chi connectivity index (χ0v) is 10.8. The van der Waals surface area contributed by atoms with E-state index in [1.165, 1.54) is 0 Å². The van der Waals surface area contributed by atoms with Crippen molar-refractivity contribution in [2.24, 2.45) is 0 Å². The average Bonchev–Trinajstić information content (AvgIpc) is 2.26. The van der Waals surface area contributed by atoms with Crippen molar-refractivity contribution < 1.29 is 4.79 Å². The predicted octanol–water partition coefficient (Wildman–Crippen LogP) is 1.52. The summed E-state index contributed by atoms with van der Waals surface area (Å²) in [5.41, 5.74) is 0. The molecule has 16 heavy (non-hydrogen) atoms. The van der Waals surface area contributed by atoms with Crippen LogP contribution in [0.4, 0.5) is 4.79 Å². The molecular formula is C12H25N3O. The van der Waals surface area contributed by atoms with Gasteiger partial charge in [0, 0.05) is 25.7 Å². The first-order chi connectivity index (χ1) is 7.66. The Balaban J connectivity index is 2.33. The molecule has 1 N–H and O–H groups in total. The summed E-state index contributed by atoms with van der Waals surface area (Å²) < 4.78 is 0. The van der Waals surface area contributed by atoms with Crippen LogP contribution in [0.2, 0.25) is 0 Å². The Bertz CT molecular complexity index is 218. The third kappa shape index (κ3) is 3.67. The topological polar surface area (TPSA) is 35.6 Å². The van der Waals surface area contributed by atoms with Gasteiger partial charge >= 0.3 is 6.03 Å². The predicted molar refractivity (Wildman–Crippen MR) is 66.6 cm³/mol. The van der Waals surface area contributed by atoms with Crippen LogP contribution in [0.1, 0.15) is 33.6 Å². The highest BCUT2D eigenvalue weighted by molar-refractivity contribution is 5.75. The average molecular weight is 227 g/mol. The van der Waals surface area contributed by atoms with Crippen LogP contribution in [0, 0.1) is 0 Å². The van der Waals surface area contributed by atoms with E-state index in [0.717, 1.165) is 45.6 Å². The first-order valence-corrected chi connectivity index (χ1v) is 6.43. The highest BCUT2D eigenvalue weighted by Crippen LogP contribution is 2.12. The van der Waals surface area contributed by atoms with Crippen molar-refractivity contribution in [2.75, 3.05) is 32.7 Å². The highest BCUT2D eigenvalue weighted by Gasteiger charge is 2.26. The number of rotatable bonds is 6. The molecule has 1 saturated heterocycles. The number of amides is 2. The highest BCUT2D eigenvalue weighted by atomic mass is 16.2. The van der Waals surface area contributed by atoms with Gasteiger partial charge in [-0.05, 0) is 39.8 Å². The van der Waals surface area contributed by atoms with Crippen LogP contribution in [-0.4, -0.2) is 54.6 Å². The maximum absolute atomic E-state index is 12.1. The molecule has 0 saturated carbocycles. The molecule has 0 aromatic carbocycles. The molecule has 0 radical (unpaired) electrons. The fourth-order valence-corrected chi connectivity index (χ4v) is 2.06. The van der Waals surface area contributed by atoms with Gasteiger partial charge in [-0.15, -0.1) is 0 Å². The summed E-state index contributed by atoms with van der Waals surface area (Å²) in [4.78, 5) is 16.0. The molecule has 4 heteroatoms. The van der Waals surface area contributed by atoms with E-state index >= 15 is 0 Å². The molecule has 0 bridgehead atoms. The Morgan fingerprint density at radius 2 is 2.12 bits per heavy atom. The molecule has 94 valence electrons. The third-order valence-electron chi connectivity index (χ3n) is 3.00. The zero-order chi connectivity index (χ0) is 12.0. The number of hydrogen-bond acceptors (Lipinski definition) is 2. The minimum Gasteiger partial charge on any atom is -0.325 e. The van der Waals surface area contributed by atoms with Crippen LogP contribution in [0.5, 0.6) is 0 Å². The standard InChI is InChI=1S/C12H25N3O/c1-4-13-7-5-8-14-9-6-10-15(11(2)3)12(14)16/h11,13H,4-10H2,1-3H3. The second kappa shape index (κ2) is 6.74. The van der Waals surface area contributed by atoms with E-state index in [1.807, 2.05) is 9.80 Å². The summed E-state index contributed by atoms with van der Waals surface area (Å²) in [6.07, 6.45) is 2.15. The minimum absolute atomic E-state index is 0.220. The Morgan fingerprint density at radius 3 is 2.75 bits per heavy atom. The maximum Gasteiger partial charge on any atom is 0.320 e. The Hall–Kier alpha value is -0.770. The van der Waals surface area contributed by atoms with Gasteiger partial charge in [-0.3, -0.25) is 0 Å². The second-order valence-corrected chi connectivity index (χ2v) is 4.62. The summed E-state index contributed by atoms with van der Waals surface area (Å²) in [5, 5.41) is 3.29. The van der Waals surface area contributed by atoms with Crippen molar-refractivity contribution in [2.45, 2.75) is 39.7 Å². The van der Waals surface area contributed by atoms with Gasteiger partial charge in [-0.1, -0.05) is 6.92 Å². The normalized spacial score (nSPS) is 17.4. The molecule has 1 heterocycles. The molecule has 1 fully saturated rings. The SMILES string of the molecule is CCNCCCN1CCCN(C(C)C)C1=O. The number of urea groups is 1. The lowest BCUT2D eigenvalue weighted by molar-refractivity contribution is 0.115. The second-order valence-electron chi connectivity index (χ2n) is 4.62. The van der Waals surface area contributed by atoms with Gasteiger partial charge in [0.15, 0.2) is 0 Å². The van der Waals surface area contributed by atoms with Crippen LogP contribution in [-0.2, 0) is 0 Å². The maximum atomic E-state index is 12.1. The van der Waals surface area contributed by atoms with E-state index in [9.17, 15) is 4.79 Å². The zero-order valence-electron chi connectivity index (χ0n) is 10.8. The summed E-state index contributed by atoms with van der Waals surface area (Å²) >= 11 is 0. The van der Waals surface area contributed by atoms with E-state index in [1.54, 1.807) is 0 Å². The van der Waals surface area contributed by atoms with Crippen molar-refractivity contribution in [3.63, 3.8) is 0 Å². The van der Waals surface area contributed by atoms with Crippen LogP contribution in [0.25, 0.3) is 0 Å². The van der Waals surface area contributed by atoms with Gasteiger partial charge in [0.25, 0.3) is 0 Å². The quantitative estimate of drug-likeness (QED) is 0.698. The van der Waals surface area contributed by atoms with E-state index in [4.69, 9.17) is 0 Å². The van der Waals surface area contributed by atoms with Crippen molar-refractivity contribution in [3.8, 4) is 0 Å². The summed E-state index contributed by atoms with van der Waals surface area (Å²) in [5.74, 6) is 0. The molecule has 0 aromatic heterocycles. The van der Waals surface area contributed by atoms with Crippen molar-refractivity contribution in [3.05, 3.63) is 0 Å². The molecule has 0 atom stereocenters. The third-order valence-corrected chi connectivity index (χ3v) is 3.00. The van der Waals surface area contributed by atoms with Gasteiger partial charge < -0.3 is 15.1 Å².